The summed E-state index contributed by atoms with van der Waals surface area (Å²) < 4.78 is 6.54. The van der Waals surface area contributed by atoms with Gasteiger partial charge in [0.05, 0.1) is 24.1 Å². The minimum absolute atomic E-state index is 0.00520. The third kappa shape index (κ3) is 7.78. The van der Waals surface area contributed by atoms with Gasteiger partial charge in [-0.05, 0) is 36.1 Å². The first kappa shape index (κ1) is 27.3. The molecule has 0 bridgehead atoms. The highest BCUT2D eigenvalue weighted by Crippen LogP contribution is 2.23. The summed E-state index contributed by atoms with van der Waals surface area (Å²) in [5.41, 5.74) is 1.08. The maximum absolute atomic E-state index is 13.2. The molecule has 2 aromatic rings. The van der Waals surface area contributed by atoms with Crippen molar-refractivity contribution < 1.29 is 23.9 Å². The Morgan fingerprint density at radius 1 is 1.17 bits per heavy atom. The summed E-state index contributed by atoms with van der Waals surface area (Å²) in [5.74, 6) is -1.53. The van der Waals surface area contributed by atoms with Crippen LogP contribution in [0.3, 0.4) is 0 Å². The summed E-state index contributed by atoms with van der Waals surface area (Å²) in [7, 11) is 0. The van der Waals surface area contributed by atoms with Crippen LogP contribution in [0.2, 0.25) is 0 Å². The van der Waals surface area contributed by atoms with Crippen LogP contribution in [0.15, 0.2) is 55.4 Å². The van der Waals surface area contributed by atoms with E-state index >= 15 is 0 Å². The number of rotatable bonds is 11. The van der Waals surface area contributed by atoms with Crippen LogP contribution in [0, 0.1) is 16.7 Å². The van der Waals surface area contributed by atoms with Gasteiger partial charge in [0.15, 0.2) is 11.6 Å². The van der Waals surface area contributed by atoms with Crippen molar-refractivity contribution in [3.63, 3.8) is 0 Å². The lowest BCUT2D eigenvalue weighted by molar-refractivity contribution is -0.145. The van der Waals surface area contributed by atoms with Gasteiger partial charge in [0.25, 0.3) is 0 Å². The van der Waals surface area contributed by atoms with Gasteiger partial charge in [0, 0.05) is 24.4 Å². The number of ether oxygens (including phenoxy) is 1. The fourth-order valence-electron chi connectivity index (χ4n) is 3.62. The molecule has 0 spiro atoms. The number of carbonyl (C=O) groups excluding carboxylic acids is 4. The Kier molecular flexibility index (Phi) is 9.29. The van der Waals surface area contributed by atoms with Crippen molar-refractivity contribution in [2.24, 2.45) is 5.41 Å². The summed E-state index contributed by atoms with van der Waals surface area (Å²) in [4.78, 5) is 50.5. The van der Waals surface area contributed by atoms with Gasteiger partial charge in [-0.15, -0.1) is 0 Å². The lowest BCUT2D eigenvalue weighted by atomic mass is 9.84. The smallest absolute Gasteiger partial charge is 0.308 e. The van der Waals surface area contributed by atoms with E-state index in [4.69, 9.17) is 10.00 Å². The van der Waals surface area contributed by atoms with E-state index in [1.54, 1.807) is 36.5 Å². The van der Waals surface area contributed by atoms with Crippen molar-refractivity contribution in [3.05, 3.63) is 72.1 Å². The van der Waals surface area contributed by atoms with Crippen LogP contribution in [0.5, 0.6) is 0 Å². The van der Waals surface area contributed by atoms with Crippen molar-refractivity contribution in [1.82, 2.24) is 9.88 Å². The molecule has 35 heavy (non-hydrogen) atoms. The van der Waals surface area contributed by atoms with Crippen LogP contribution < -0.4 is 5.32 Å². The van der Waals surface area contributed by atoms with Gasteiger partial charge >= 0.3 is 5.97 Å². The molecule has 0 fully saturated rings. The maximum Gasteiger partial charge on any atom is 0.308 e. The Morgan fingerprint density at radius 2 is 1.83 bits per heavy atom. The number of hydrogen-bond acceptors (Lipinski definition) is 6. The Balaban J connectivity index is 2.27. The highest BCUT2D eigenvalue weighted by atomic mass is 16.5. The molecule has 184 valence electrons. The highest BCUT2D eigenvalue weighted by molar-refractivity contribution is 5.97. The molecule has 0 saturated heterocycles. The van der Waals surface area contributed by atoms with Crippen LogP contribution >= 0.6 is 0 Å². The molecule has 1 heterocycles. The lowest BCUT2D eigenvalue weighted by Crippen LogP contribution is -2.50. The predicted molar refractivity (Wildman–Crippen MR) is 131 cm³/mol. The van der Waals surface area contributed by atoms with Gasteiger partial charge in [0.2, 0.25) is 5.91 Å². The van der Waals surface area contributed by atoms with E-state index in [0.717, 1.165) is 5.56 Å². The zero-order valence-corrected chi connectivity index (χ0v) is 20.5. The summed E-state index contributed by atoms with van der Waals surface area (Å²) in [6.45, 7) is 10.4. The first-order chi connectivity index (χ1) is 16.5. The number of Topliss-reactive ketones (excluding diaryl/α,β-unsaturated/α-hetero) is 2. The van der Waals surface area contributed by atoms with E-state index in [2.05, 4.69) is 11.9 Å². The molecule has 8 nitrogen and oxygen atoms in total. The second-order valence-electron chi connectivity index (χ2n) is 9.37. The molecule has 1 aromatic heterocycles. The minimum atomic E-state index is -1.02. The Bertz CT molecular complexity index is 1130. The summed E-state index contributed by atoms with van der Waals surface area (Å²) in [5, 5.41) is 11.7. The molecule has 2 atom stereocenters. The number of aromatic nitrogens is 1. The van der Waals surface area contributed by atoms with Gasteiger partial charge < -0.3 is 14.6 Å². The minimum Gasteiger partial charge on any atom is -0.461 e. The molecule has 2 rings (SSSR count). The average molecular weight is 478 g/mol. The fourth-order valence-corrected chi connectivity index (χ4v) is 3.62. The molecule has 1 amide bonds. The Labute approximate surface area is 205 Å². The van der Waals surface area contributed by atoms with E-state index in [9.17, 15) is 19.2 Å². The van der Waals surface area contributed by atoms with E-state index in [0.29, 0.717) is 11.1 Å². The van der Waals surface area contributed by atoms with Crippen molar-refractivity contribution in [1.29, 1.82) is 5.26 Å². The van der Waals surface area contributed by atoms with Crippen LogP contribution in [0.25, 0.3) is 0 Å². The molecule has 8 heteroatoms. The van der Waals surface area contributed by atoms with Crippen molar-refractivity contribution >= 4 is 23.4 Å². The van der Waals surface area contributed by atoms with Gasteiger partial charge in [-0.1, -0.05) is 45.6 Å². The van der Waals surface area contributed by atoms with Gasteiger partial charge in [0.1, 0.15) is 12.6 Å². The number of nitriles is 1. The number of nitrogens with one attached hydrogen (secondary N) is 1. The Hall–Kier alpha value is -3.99. The van der Waals surface area contributed by atoms with E-state index < -0.39 is 29.4 Å². The quantitative estimate of drug-likeness (QED) is 0.300. The first-order valence-electron chi connectivity index (χ1n) is 11.2. The number of ketones is 2. The van der Waals surface area contributed by atoms with Gasteiger partial charge in [-0.25, -0.2) is 0 Å². The highest BCUT2D eigenvalue weighted by Gasteiger charge is 2.33. The number of carbonyl (C=O) groups is 4. The summed E-state index contributed by atoms with van der Waals surface area (Å²) in [6.07, 6.45) is 4.32. The molecule has 0 aliphatic rings. The summed E-state index contributed by atoms with van der Waals surface area (Å²) >= 11 is 0. The Morgan fingerprint density at radius 3 is 2.37 bits per heavy atom. The van der Waals surface area contributed by atoms with Crippen LogP contribution in [-0.4, -0.2) is 40.7 Å². The monoisotopic (exact) mass is 477 g/mol. The molecule has 1 N–H and O–H groups in total. The zero-order chi connectivity index (χ0) is 26.2. The third-order valence-corrected chi connectivity index (χ3v) is 5.43. The number of esters is 1. The third-order valence-electron chi connectivity index (χ3n) is 5.43. The molecular formula is C27H31N3O5. The largest absolute Gasteiger partial charge is 0.461 e. The normalized spacial score (nSPS) is 12.7. The van der Waals surface area contributed by atoms with Crippen molar-refractivity contribution in [3.8, 4) is 6.07 Å². The lowest BCUT2D eigenvalue weighted by Gasteiger charge is -2.31. The second-order valence-corrected chi connectivity index (χ2v) is 9.37. The van der Waals surface area contributed by atoms with E-state index in [1.165, 1.54) is 23.8 Å². The van der Waals surface area contributed by atoms with Crippen LogP contribution in [0.1, 0.15) is 61.6 Å². The number of nitrogens with zero attached hydrogens (tertiary/aromatic N) is 2. The second kappa shape index (κ2) is 11.9. The van der Waals surface area contributed by atoms with Gasteiger partial charge in [-0.3, -0.25) is 19.2 Å². The van der Waals surface area contributed by atoms with Crippen LogP contribution in [-0.2, 0) is 25.5 Å². The van der Waals surface area contributed by atoms with Gasteiger partial charge in [-0.2, -0.15) is 5.26 Å². The zero-order valence-electron chi connectivity index (χ0n) is 20.5. The average Bonchev–Trinajstić information content (AvgIpc) is 3.29. The molecular weight excluding hydrogens is 446 g/mol. The molecule has 1 aromatic carbocycles. The van der Waals surface area contributed by atoms with E-state index in [1.807, 2.05) is 26.8 Å². The number of benzene rings is 1. The molecule has 0 aliphatic carbocycles. The van der Waals surface area contributed by atoms with Crippen LogP contribution in [0.4, 0.5) is 0 Å². The number of amides is 1. The van der Waals surface area contributed by atoms with Crippen molar-refractivity contribution in [2.75, 3.05) is 6.61 Å². The molecule has 1 unspecified atom stereocenters. The standard InChI is InChI=1S/C27H31N3O5/c1-6-13-35-24(33)15-22(26(34)29-25(18(2)31)27(3,4)5)30-12-11-21(17-30)23(32)14-19-7-9-20(16-28)10-8-19/h6-12,17,22,25H,1,13-15H2,2-5H3,(H,29,34)/t22?,25-/m1/s1. The molecule has 0 aliphatic heterocycles. The fraction of sp³-hybridized carbons (Fsp3) is 0.370. The topological polar surface area (TPSA) is 118 Å². The molecule has 0 saturated carbocycles. The predicted octanol–water partition coefficient (Wildman–Crippen LogP) is 3.57. The summed E-state index contributed by atoms with van der Waals surface area (Å²) in [6, 6.07) is 8.55. The SMILES string of the molecule is C=CCOC(=O)CC(C(=O)N[C@H](C(C)=O)C(C)(C)C)n1ccc(C(=O)Cc2ccc(C#N)cc2)c1. The molecule has 0 radical (unpaired) electrons. The van der Waals surface area contributed by atoms with E-state index in [-0.39, 0.29) is 31.0 Å². The first-order valence-corrected chi connectivity index (χ1v) is 11.2. The number of hydrogen-bond donors (Lipinski definition) is 1. The van der Waals surface area contributed by atoms with Crippen molar-refractivity contribution in [2.45, 2.75) is 52.6 Å². The maximum atomic E-state index is 13.2.